The first kappa shape index (κ1) is 14.7. The fourth-order valence-corrected chi connectivity index (χ4v) is 12.6. The molecule has 2 heteroatoms. The minimum Gasteiger partial charge on any atom is -0.147 e. The van der Waals surface area contributed by atoms with Gasteiger partial charge in [0.15, 0.2) is 0 Å². The first-order valence-corrected chi connectivity index (χ1v) is 12.9. The summed E-state index contributed by atoms with van der Waals surface area (Å²) < 4.78 is 4.98. The Hall–Kier alpha value is 1.21. The monoisotopic (exact) mass is 373 g/mol. The summed E-state index contributed by atoms with van der Waals surface area (Å²) in [5.74, 6) is 0. The molecular formula is C9H22ClPb. The molecule has 0 atom stereocenters. The summed E-state index contributed by atoms with van der Waals surface area (Å²) in [7, 11) is 0. The van der Waals surface area contributed by atoms with Crippen molar-refractivity contribution < 1.29 is 0 Å². The predicted molar refractivity (Wildman–Crippen MR) is 58.3 cm³/mol. The van der Waals surface area contributed by atoms with E-state index in [9.17, 15) is 0 Å². The Labute approximate surface area is 86.7 Å². The normalized spacial score (nSPS) is 9.82. The molecule has 0 nitrogen and oxygen atoms in total. The second kappa shape index (κ2) is 11.2. The van der Waals surface area contributed by atoms with Crippen LogP contribution in [0.5, 0.6) is 0 Å². The molecule has 1 radical (unpaired) electrons. The van der Waals surface area contributed by atoms with Gasteiger partial charge in [-0.2, -0.15) is 0 Å². The zero-order valence-electron chi connectivity index (χ0n) is 8.15. The van der Waals surface area contributed by atoms with Gasteiger partial charge in [-0.25, -0.2) is 0 Å². The van der Waals surface area contributed by atoms with Gasteiger partial charge in [0, 0.05) is 0 Å². The van der Waals surface area contributed by atoms with Gasteiger partial charge in [-0.15, -0.1) is 12.4 Å². The molecule has 0 heterocycles. The zero-order chi connectivity index (χ0) is 7.82. The third-order valence-corrected chi connectivity index (χ3v) is 15.9. The van der Waals surface area contributed by atoms with Crippen LogP contribution in [0.2, 0.25) is 11.9 Å². The van der Waals surface area contributed by atoms with Crippen LogP contribution < -0.4 is 0 Å². The van der Waals surface area contributed by atoms with Crippen molar-refractivity contribution in [2.45, 2.75) is 52.0 Å². The Morgan fingerprint density at radius 3 is 1.18 bits per heavy atom. The van der Waals surface area contributed by atoms with Gasteiger partial charge < -0.3 is 0 Å². The van der Waals surface area contributed by atoms with Crippen molar-refractivity contribution in [3.05, 3.63) is 0 Å². The molecule has 0 amide bonds. The third kappa shape index (κ3) is 9.12. The Bertz CT molecular complexity index is 52.3. The topological polar surface area (TPSA) is 0 Å². The molecular weight excluding hydrogens is 351 g/mol. The molecule has 0 aliphatic heterocycles. The van der Waals surface area contributed by atoms with Crippen molar-refractivity contribution in [3.63, 3.8) is 0 Å². The van der Waals surface area contributed by atoms with Crippen LogP contribution in [0, 0.1) is 0 Å². The largest absolute Gasteiger partial charge is 0.147 e. The van der Waals surface area contributed by atoms with Crippen LogP contribution in [0.15, 0.2) is 0 Å². The maximum absolute atomic E-state index is 2.34. The molecule has 69 valence electrons. The molecule has 0 N–H and O–H groups in total. The van der Waals surface area contributed by atoms with Gasteiger partial charge in [0.05, 0.1) is 0 Å². The van der Waals surface area contributed by atoms with Crippen LogP contribution in [0.4, 0.5) is 0 Å². The van der Waals surface area contributed by atoms with Crippen molar-refractivity contribution in [1.82, 2.24) is 0 Å². The molecule has 11 heavy (non-hydrogen) atoms. The minimum absolute atomic E-state index is 0. The Morgan fingerprint density at radius 1 is 0.727 bits per heavy atom. The van der Waals surface area contributed by atoms with Crippen LogP contribution >= 0.6 is 12.4 Å². The molecule has 0 aliphatic carbocycles. The second-order valence-electron chi connectivity index (χ2n) is 3.00. The molecule has 0 aromatic heterocycles. The molecule has 0 aromatic carbocycles. The van der Waals surface area contributed by atoms with Gasteiger partial charge in [-0.3, -0.25) is 0 Å². The van der Waals surface area contributed by atoms with E-state index in [1.54, 1.807) is 11.9 Å². The molecule has 0 unspecified atom stereocenters. The van der Waals surface area contributed by atoms with Gasteiger partial charge in [-0.05, 0) is 0 Å². The van der Waals surface area contributed by atoms with E-state index in [2.05, 4.69) is 20.8 Å². The molecule has 0 saturated carbocycles. The van der Waals surface area contributed by atoms with Crippen LogP contribution in [-0.2, 0) is 0 Å². The van der Waals surface area contributed by atoms with E-state index in [1.165, 1.54) is 19.3 Å². The van der Waals surface area contributed by atoms with Crippen LogP contribution in [0.1, 0.15) is 40.0 Å². The summed E-state index contributed by atoms with van der Waals surface area (Å²) in [6.45, 7) is 7.03. The fourth-order valence-electron chi connectivity index (χ4n) is 1.44. The first-order chi connectivity index (χ1) is 4.85. The standard InChI is InChI=1S/3C3H7.ClH.Pb/c3*1-3-2;;/h3*1,3H2,2H3;1H;. The summed E-state index contributed by atoms with van der Waals surface area (Å²) in [4.78, 5) is 0. The van der Waals surface area contributed by atoms with E-state index in [1.807, 2.05) is 0 Å². The minimum atomic E-state index is -0.907. The fraction of sp³-hybridized carbons (Fsp3) is 1.00. The summed E-state index contributed by atoms with van der Waals surface area (Å²) in [6, 6.07) is 0. The number of hydrogen-bond acceptors (Lipinski definition) is 0. The van der Waals surface area contributed by atoms with E-state index in [4.69, 9.17) is 0 Å². The average molecular weight is 373 g/mol. The summed E-state index contributed by atoms with van der Waals surface area (Å²) in [5.41, 5.74) is 0. The molecule has 0 rings (SSSR count). The molecule has 0 aromatic rings. The average Bonchev–Trinajstić information content (AvgIpc) is 1.90. The van der Waals surface area contributed by atoms with Crippen molar-refractivity contribution >= 4 is 35.1 Å². The molecule has 0 saturated heterocycles. The zero-order valence-corrected chi connectivity index (χ0v) is 12.9. The van der Waals surface area contributed by atoms with Gasteiger partial charge in [0.2, 0.25) is 0 Å². The van der Waals surface area contributed by atoms with Gasteiger partial charge >= 0.3 is 74.7 Å². The van der Waals surface area contributed by atoms with E-state index in [-0.39, 0.29) is 12.4 Å². The number of halogens is 1. The van der Waals surface area contributed by atoms with Gasteiger partial charge in [0.1, 0.15) is 0 Å². The van der Waals surface area contributed by atoms with E-state index < -0.39 is 22.7 Å². The second-order valence-corrected chi connectivity index (χ2v) is 14.7. The third-order valence-electron chi connectivity index (χ3n) is 1.81. The van der Waals surface area contributed by atoms with Crippen LogP contribution in [0.3, 0.4) is 0 Å². The predicted octanol–water partition coefficient (Wildman–Crippen LogP) is 4.13. The van der Waals surface area contributed by atoms with Crippen molar-refractivity contribution in [3.8, 4) is 0 Å². The van der Waals surface area contributed by atoms with Crippen LogP contribution in [-0.4, -0.2) is 22.7 Å². The van der Waals surface area contributed by atoms with Crippen LogP contribution in [0.25, 0.3) is 0 Å². The van der Waals surface area contributed by atoms with Gasteiger partial charge in [0.25, 0.3) is 0 Å². The Kier molecular flexibility index (Phi) is 15.0. The Morgan fingerprint density at radius 2 is 1.00 bits per heavy atom. The summed E-state index contributed by atoms with van der Waals surface area (Å²) >= 11 is -0.907. The quantitative estimate of drug-likeness (QED) is 0.615. The molecule has 0 spiro atoms. The molecule has 0 bridgehead atoms. The number of rotatable bonds is 6. The maximum atomic E-state index is 2.34. The molecule has 0 fully saturated rings. The summed E-state index contributed by atoms with van der Waals surface area (Å²) in [6.07, 6.45) is 4.38. The van der Waals surface area contributed by atoms with E-state index >= 15 is 0 Å². The maximum Gasteiger partial charge on any atom is -0.147 e. The SMILES string of the molecule is CC[CH2][Pb]([CH2]CC)[CH2]CC.Cl. The molecule has 0 aliphatic rings. The van der Waals surface area contributed by atoms with Crippen molar-refractivity contribution in [2.75, 3.05) is 0 Å². The Balaban J connectivity index is 0. The summed E-state index contributed by atoms with van der Waals surface area (Å²) in [5, 5.41) is 0. The van der Waals surface area contributed by atoms with E-state index in [0.717, 1.165) is 0 Å². The first-order valence-electron chi connectivity index (χ1n) is 4.68. The van der Waals surface area contributed by atoms with Gasteiger partial charge in [-0.1, -0.05) is 0 Å². The van der Waals surface area contributed by atoms with E-state index in [0.29, 0.717) is 0 Å². The van der Waals surface area contributed by atoms with Crippen molar-refractivity contribution in [1.29, 1.82) is 0 Å². The number of hydrogen-bond donors (Lipinski definition) is 0. The van der Waals surface area contributed by atoms with Crippen molar-refractivity contribution in [2.24, 2.45) is 0 Å². The smallest absolute Gasteiger partial charge is 0.147 e.